The summed E-state index contributed by atoms with van der Waals surface area (Å²) in [6.07, 6.45) is -1.05. The van der Waals surface area contributed by atoms with E-state index < -0.39 is 22.0 Å². The molecule has 1 fully saturated rings. The number of halogens is 1. The Kier molecular flexibility index (Phi) is 6.55. The molecule has 1 atom stereocenters. The van der Waals surface area contributed by atoms with Gasteiger partial charge in [-0.3, -0.25) is 9.10 Å². The zero-order valence-corrected chi connectivity index (χ0v) is 20.3. The van der Waals surface area contributed by atoms with Crippen molar-refractivity contribution in [1.29, 1.82) is 0 Å². The van der Waals surface area contributed by atoms with Crippen LogP contribution in [0.3, 0.4) is 0 Å². The Balaban J connectivity index is 1.37. The SMILES string of the molecule is O=C(Nc1ccc(N2CCOCC2)cc1)C1CN(S(=O)(=O)c2ccccc2)c2cc(Cl)ccc2O1. The smallest absolute Gasteiger partial charge is 0.267 e. The molecule has 0 aliphatic carbocycles. The van der Waals surface area contributed by atoms with Crippen LogP contribution in [0.15, 0.2) is 77.7 Å². The molecular formula is C25H24ClN3O5S. The lowest BCUT2D eigenvalue weighted by Gasteiger charge is -2.35. The second kappa shape index (κ2) is 9.77. The highest BCUT2D eigenvalue weighted by Gasteiger charge is 2.37. The second-order valence-corrected chi connectivity index (χ2v) is 10.5. The first-order chi connectivity index (χ1) is 16.9. The number of carbonyl (C=O) groups is 1. The number of carbonyl (C=O) groups excluding carboxylic acids is 1. The Morgan fingerprint density at radius 3 is 2.40 bits per heavy atom. The third-order valence-corrected chi connectivity index (χ3v) is 7.95. The van der Waals surface area contributed by atoms with Gasteiger partial charge in [-0.1, -0.05) is 29.8 Å². The van der Waals surface area contributed by atoms with Gasteiger partial charge in [0.25, 0.3) is 15.9 Å². The van der Waals surface area contributed by atoms with E-state index in [2.05, 4.69) is 10.2 Å². The van der Waals surface area contributed by atoms with Crippen LogP contribution < -0.4 is 19.3 Å². The Bertz CT molecular complexity index is 1310. The number of hydrogen-bond donors (Lipinski definition) is 1. The summed E-state index contributed by atoms with van der Waals surface area (Å²) in [5.41, 5.74) is 1.93. The van der Waals surface area contributed by atoms with Gasteiger partial charge >= 0.3 is 0 Å². The van der Waals surface area contributed by atoms with Crippen LogP contribution in [0.5, 0.6) is 5.75 Å². The van der Waals surface area contributed by atoms with Crippen LogP contribution in [-0.4, -0.2) is 53.3 Å². The number of sulfonamides is 1. The van der Waals surface area contributed by atoms with Gasteiger partial charge in [0.05, 0.1) is 30.3 Å². The molecular weight excluding hydrogens is 490 g/mol. The number of anilines is 3. The van der Waals surface area contributed by atoms with E-state index in [4.69, 9.17) is 21.1 Å². The number of nitrogens with zero attached hydrogens (tertiary/aromatic N) is 2. The molecule has 0 saturated carbocycles. The monoisotopic (exact) mass is 513 g/mol. The Labute approximate surface area is 209 Å². The number of nitrogens with one attached hydrogen (secondary N) is 1. The van der Waals surface area contributed by atoms with E-state index in [0.717, 1.165) is 18.8 Å². The number of rotatable bonds is 5. The summed E-state index contributed by atoms with van der Waals surface area (Å²) < 4.78 is 39.4. The zero-order valence-electron chi connectivity index (χ0n) is 18.8. The fraction of sp³-hybridized carbons (Fsp3) is 0.240. The van der Waals surface area contributed by atoms with Crippen molar-refractivity contribution >= 4 is 44.6 Å². The lowest BCUT2D eigenvalue weighted by molar-refractivity contribution is -0.122. The molecule has 2 heterocycles. The van der Waals surface area contributed by atoms with Crippen molar-refractivity contribution in [3.8, 4) is 5.75 Å². The van der Waals surface area contributed by atoms with Gasteiger partial charge in [-0.15, -0.1) is 0 Å². The van der Waals surface area contributed by atoms with E-state index in [9.17, 15) is 13.2 Å². The molecule has 3 aromatic rings. The largest absolute Gasteiger partial charge is 0.476 e. The predicted octanol–water partition coefficient (Wildman–Crippen LogP) is 3.77. The predicted molar refractivity (Wildman–Crippen MR) is 135 cm³/mol. The van der Waals surface area contributed by atoms with Crippen LogP contribution in [0.25, 0.3) is 0 Å². The van der Waals surface area contributed by atoms with Gasteiger partial charge < -0.3 is 19.7 Å². The standard InChI is InChI=1S/C25H24ClN3O5S/c26-18-6-11-23-22(16-18)29(35(31,32)21-4-2-1-3-5-21)17-24(34-23)25(30)27-19-7-9-20(10-8-19)28-12-14-33-15-13-28/h1-11,16,24H,12-15,17H2,(H,27,30). The van der Waals surface area contributed by atoms with Gasteiger partial charge in [-0.25, -0.2) is 8.42 Å². The summed E-state index contributed by atoms with van der Waals surface area (Å²) in [6, 6.07) is 20.3. The lowest BCUT2D eigenvalue weighted by Crippen LogP contribution is -2.48. The molecule has 0 aromatic heterocycles. The normalized spacial score (nSPS) is 17.9. The average Bonchev–Trinajstić information content (AvgIpc) is 2.89. The maximum Gasteiger partial charge on any atom is 0.267 e. The summed E-state index contributed by atoms with van der Waals surface area (Å²) in [4.78, 5) is 15.5. The highest BCUT2D eigenvalue weighted by molar-refractivity contribution is 7.92. The second-order valence-electron chi connectivity index (χ2n) is 8.20. The molecule has 1 unspecified atom stereocenters. The van der Waals surface area contributed by atoms with Crippen molar-refractivity contribution in [1.82, 2.24) is 0 Å². The first-order valence-electron chi connectivity index (χ1n) is 11.2. The number of hydrogen-bond acceptors (Lipinski definition) is 6. The molecule has 2 aliphatic heterocycles. The molecule has 1 amide bonds. The summed E-state index contributed by atoms with van der Waals surface area (Å²) in [6.45, 7) is 2.81. The first-order valence-corrected chi connectivity index (χ1v) is 13.0. The van der Waals surface area contributed by atoms with Gasteiger partial charge in [-0.2, -0.15) is 0 Å². The zero-order chi connectivity index (χ0) is 24.4. The quantitative estimate of drug-likeness (QED) is 0.559. The third kappa shape index (κ3) is 4.93. The van der Waals surface area contributed by atoms with Gasteiger partial charge in [0.1, 0.15) is 5.75 Å². The van der Waals surface area contributed by atoms with Crippen LogP contribution >= 0.6 is 11.6 Å². The van der Waals surface area contributed by atoms with Gasteiger partial charge in [0.2, 0.25) is 0 Å². The van der Waals surface area contributed by atoms with E-state index in [-0.39, 0.29) is 17.2 Å². The summed E-state index contributed by atoms with van der Waals surface area (Å²) in [7, 11) is -3.95. The number of fused-ring (bicyclic) bond motifs is 1. The first kappa shape index (κ1) is 23.5. The van der Waals surface area contributed by atoms with E-state index >= 15 is 0 Å². The Morgan fingerprint density at radius 1 is 0.971 bits per heavy atom. The highest BCUT2D eigenvalue weighted by Crippen LogP contribution is 2.39. The molecule has 8 nitrogen and oxygen atoms in total. The molecule has 5 rings (SSSR count). The summed E-state index contributed by atoms with van der Waals surface area (Å²) in [5.74, 6) is -0.180. The van der Waals surface area contributed by atoms with Crippen LogP contribution in [0, 0.1) is 0 Å². The van der Waals surface area contributed by atoms with Crippen molar-refractivity contribution in [3.05, 3.63) is 77.8 Å². The van der Waals surface area contributed by atoms with Crippen molar-refractivity contribution < 1.29 is 22.7 Å². The maximum absolute atomic E-state index is 13.5. The highest BCUT2D eigenvalue weighted by atomic mass is 35.5. The molecule has 1 N–H and O–H groups in total. The van der Waals surface area contributed by atoms with Gasteiger partial charge in [-0.05, 0) is 54.6 Å². The number of ether oxygens (including phenoxy) is 2. The van der Waals surface area contributed by atoms with Crippen LogP contribution in [0.1, 0.15) is 0 Å². The Morgan fingerprint density at radius 2 is 1.69 bits per heavy atom. The van der Waals surface area contributed by atoms with Crippen LogP contribution in [-0.2, 0) is 19.6 Å². The third-order valence-electron chi connectivity index (χ3n) is 5.93. The van der Waals surface area contributed by atoms with Crippen molar-refractivity contribution in [2.75, 3.05) is 47.4 Å². The molecule has 0 radical (unpaired) electrons. The lowest BCUT2D eigenvalue weighted by atomic mass is 10.2. The van der Waals surface area contributed by atoms with E-state index in [1.807, 2.05) is 24.3 Å². The molecule has 10 heteroatoms. The number of morpholine rings is 1. The minimum absolute atomic E-state index is 0.116. The van der Waals surface area contributed by atoms with Gasteiger partial charge in [0, 0.05) is 29.5 Å². The Hall–Kier alpha value is -3.27. The van der Waals surface area contributed by atoms with Crippen molar-refractivity contribution in [3.63, 3.8) is 0 Å². The fourth-order valence-corrected chi connectivity index (χ4v) is 5.76. The molecule has 35 heavy (non-hydrogen) atoms. The maximum atomic E-state index is 13.5. The molecule has 1 saturated heterocycles. The van der Waals surface area contributed by atoms with E-state index in [1.54, 1.807) is 30.3 Å². The fourth-order valence-electron chi connectivity index (χ4n) is 4.11. The van der Waals surface area contributed by atoms with Crippen LogP contribution in [0.2, 0.25) is 5.02 Å². The van der Waals surface area contributed by atoms with E-state index in [1.165, 1.54) is 22.5 Å². The minimum atomic E-state index is -3.95. The number of benzene rings is 3. The molecule has 3 aromatic carbocycles. The van der Waals surface area contributed by atoms with Crippen LogP contribution in [0.4, 0.5) is 17.1 Å². The molecule has 182 valence electrons. The average molecular weight is 514 g/mol. The number of amides is 1. The van der Waals surface area contributed by atoms with E-state index in [0.29, 0.717) is 29.6 Å². The molecule has 0 spiro atoms. The van der Waals surface area contributed by atoms with Crippen molar-refractivity contribution in [2.24, 2.45) is 0 Å². The van der Waals surface area contributed by atoms with Gasteiger partial charge in [0.15, 0.2) is 6.10 Å². The minimum Gasteiger partial charge on any atom is -0.476 e. The molecule has 2 aliphatic rings. The summed E-state index contributed by atoms with van der Waals surface area (Å²) >= 11 is 6.15. The molecule has 0 bridgehead atoms. The summed E-state index contributed by atoms with van der Waals surface area (Å²) in [5, 5.41) is 3.21. The topological polar surface area (TPSA) is 88.2 Å². The van der Waals surface area contributed by atoms with Crippen molar-refractivity contribution in [2.45, 2.75) is 11.0 Å².